The van der Waals surface area contributed by atoms with Crippen LogP contribution < -0.4 is 16.6 Å². The third-order valence-corrected chi connectivity index (χ3v) is 3.53. The first-order chi connectivity index (χ1) is 9.90. The number of hydrogen-bond donors (Lipinski definition) is 1. The standard InChI is InChI=1S/C14H15ClFN3O2/c1-18-10(6-13(20)19(2)14(18)21)8-17-7-9-3-4-12(16)11(15)5-9/h3-6,17H,7-8H2,1-2H3. The van der Waals surface area contributed by atoms with E-state index in [0.29, 0.717) is 18.8 Å². The van der Waals surface area contributed by atoms with Crippen LogP contribution in [0.5, 0.6) is 0 Å². The zero-order valence-corrected chi connectivity index (χ0v) is 12.4. The van der Waals surface area contributed by atoms with Crippen LogP contribution in [0.25, 0.3) is 0 Å². The highest BCUT2D eigenvalue weighted by Crippen LogP contribution is 2.15. The van der Waals surface area contributed by atoms with E-state index >= 15 is 0 Å². The molecule has 0 amide bonds. The molecule has 2 rings (SSSR count). The molecule has 112 valence electrons. The third kappa shape index (κ3) is 3.40. The Bertz CT molecular complexity index is 783. The van der Waals surface area contributed by atoms with Gasteiger partial charge in [0.25, 0.3) is 5.56 Å². The van der Waals surface area contributed by atoms with E-state index in [2.05, 4.69) is 5.32 Å². The van der Waals surface area contributed by atoms with Crippen molar-refractivity contribution in [2.24, 2.45) is 14.1 Å². The van der Waals surface area contributed by atoms with Gasteiger partial charge in [-0.15, -0.1) is 0 Å². The van der Waals surface area contributed by atoms with Crippen LogP contribution in [0.4, 0.5) is 4.39 Å². The van der Waals surface area contributed by atoms with Gasteiger partial charge in [0.2, 0.25) is 0 Å². The summed E-state index contributed by atoms with van der Waals surface area (Å²) in [7, 11) is 3.04. The largest absolute Gasteiger partial charge is 0.330 e. The van der Waals surface area contributed by atoms with Gasteiger partial charge in [-0.05, 0) is 17.7 Å². The summed E-state index contributed by atoms with van der Waals surface area (Å²) >= 11 is 5.70. The molecule has 21 heavy (non-hydrogen) atoms. The molecule has 0 radical (unpaired) electrons. The number of benzene rings is 1. The van der Waals surface area contributed by atoms with Gasteiger partial charge in [-0.25, -0.2) is 9.18 Å². The molecule has 0 fully saturated rings. The monoisotopic (exact) mass is 311 g/mol. The lowest BCUT2D eigenvalue weighted by molar-refractivity contribution is 0.598. The number of hydrogen-bond acceptors (Lipinski definition) is 3. The first-order valence-electron chi connectivity index (χ1n) is 6.30. The van der Waals surface area contributed by atoms with Gasteiger partial charge in [0.1, 0.15) is 5.82 Å². The fraction of sp³-hybridized carbons (Fsp3) is 0.286. The Balaban J connectivity index is 2.09. The lowest BCUT2D eigenvalue weighted by Crippen LogP contribution is -2.38. The molecule has 0 unspecified atom stereocenters. The molecule has 5 nitrogen and oxygen atoms in total. The number of aromatic nitrogens is 2. The second-order valence-corrected chi connectivity index (χ2v) is 5.13. The zero-order valence-electron chi connectivity index (χ0n) is 11.7. The molecular formula is C14H15ClFN3O2. The van der Waals surface area contributed by atoms with Gasteiger partial charge < -0.3 is 5.32 Å². The van der Waals surface area contributed by atoms with E-state index in [4.69, 9.17) is 11.6 Å². The lowest BCUT2D eigenvalue weighted by atomic mass is 10.2. The Kier molecular flexibility index (Phi) is 4.59. The number of nitrogens with zero attached hydrogens (tertiary/aromatic N) is 2. The first-order valence-corrected chi connectivity index (χ1v) is 6.68. The maximum Gasteiger partial charge on any atom is 0.330 e. The summed E-state index contributed by atoms with van der Waals surface area (Å²) in [5.74, 6) is -0.464. The molecule has 0 aliphatic rings. The van der Waals surface area contributed by atoms with Gasteiger partial charge in [-0.1, -0.05) is 17.7 Å². The van der Waals surface area contributed by atoms with Crippen LogP contribution in [0.3, 0.4) is 0 Å². The van der Waals surface area contributed by atoms with Gasteiger partial charge in [0.15, 0.2) is 0 Å². The maximum absolute atomic E-state index is 13.0. The van der Waals surface area contributed by atoms with Gasteiger partial charge in [-0.3, -0.25) is 13.9 Å². The third-order valence-electron chi connectivity index (χ3n) is 3.24. The van der Waals surface area contributed by atoms with Crippen LogP contribution in [0.1, 0.15) is 11.3 Å². The van der Waals surface area contributed by atoms with E-state index in [-0.39, 0.29) is 16.3 Å². The molecule has 0 saturated heterocycles. The van der Waals surface area contributed by atoms with E-state index < -0.39 is 5.82 Å². The van der Waals surface area contributed by atoms with E-state index in [0.717, 1.165) is 10.1 Å². The molecule has 0 aliphatic heterocycles. The maximum atomic E-state index is 13.0. The Hall–Kier alpha value is -1.92. The summed E-state index contributed by atoms with van der Waals surface area (Å²) < 4.78 is 15.5. The van der Waals surface area contributed by atoms with Gasteiger partial charge in [0.05, 0.1) is 5.02 Å². The summed E-state index contributed by atoms with van der Waals surface area (Å²) in [5.41, 5.74) is 0.676. The molecule has 2 aromatic rings. The molecule has 0 spiro atoms. The highest BCUT2D eigenvalue weighted by atomic mass is 35.5. The minimum absolute atomic E-state index is 0.0651. The van der Waals surface area contributed by atoms with Crippen molar-refractivity contribution in [3.05, 3.63) is 67.2 Å². The SMILES string of the molecule is Cn1c(CNCc2ccc(F)c(Cl)c2)cc(=O)n(C)c1=O. The minimum atomic E-state index is -0.464. The second kappa shape index (κ2) is 6.24. The van der Waals surface area contributed by atoms with Crippen molar-refractivity contribution < 1.29 is 4.39 Å². The molecule has 7 heteroatoms. The predicted octanol–water partition coefficient (Wildman–Crippen LogP) is 1.17. The summed E-state index contributed by atoms with van der Waals surface area (Å²) in [6, 6.07) is 5.86. The Morgan fingerprint density at radius 1 is 1.14 bits per heavy atom. The van der Waals surface area contributed by atoms with Crippen molar-refractivity contribution in [1.29, 1.82) is 0 Å². The fourth-order valence-corrected chi connectivity index (χ4v) is 2.14. The van der Waals surface area contributed by atoms with Gasteiger partial charge in [0, 0.05) is 38.9 Å². The van der Waals surface area contributed by atoms with Crippen molar-refractivity contribution in [3.8, 4) is 0 Å². The smallest absolute Gasteiger partial charge is 0.307 e. The summed E-state index contributed by atoms with van der Waals surface area (Å²) in [6.07, 6.45) is 0. The van der Waals surface area contributed by atoms with E-state index in [1.54, 1.807) is 13.1 Å². The highest BCUT2D eigenvalue weighted by molar-refractivity contribution is 6.30. The molecular weight excluding hydrogens is 297 g/mol. The van der Waals surface area contributed by atoms with E-state index in [1.165, 1.54) is 29.8 Å². The second-order valence-electron chi connectivity index (χ2n) is 4.73. The molecule has 1 aromatic carbocycles. The zero-order chi connectivity index (χ0) is 15.6. The molecule has 0 bridgehead atoms. The van der Waals surface area contributed by atoms with Crippen LogP contribution in [0.15, 0.2) is 33.9 Å². The van der Waals surface area contributed by atoms with Gasteiger partial charge >= 0.3 is 5.69 Å². The molecule has 0 atom stereocenters. The summed E-state index contributed by atoms with van der Waals surface area (Å²) in [4.78, 5) is 23.4. The number of halogens is 2. The van der Waals surface area contributed by atoms with Crippen LogP contribution in [0.2, 0.25) is 5.02 Å². The van der Waals surface area contributed by atoms with Gasteiger partial charge in [-0.2, -0.15) is 0 Å². The van der Waals surface area contributed by atoms with E-state index in [1.807, 2.05) is 0 Å². The quantitative estimate of drug-likeness (QED) is 0.922. The summed E-state index contributed by atoms with van der Waals surface area (Å²) in [6.45, 7) is 0.792. The molecule has 1 N–H and O–H groups in total. The van der Waals surface area contributed by atoms with Crippen molar-refractivity contribution >= 4 is 11.6 Å². The number of rotatable bonds is 4. The van der Waals surface area contributed by atoms with Crippen molar-refractivity contribution in [2.45, 2.75) is 13.1 Å². The molecule has 0 aliphatic carbocycles. The summed E-state index contributed by atoms with van der Waals surface area (Å²) in [5, 5.41) is 3.16. The van der Waals surface area contributed by atoms with Crippen molar-refractivity contribution in [2.75, 3.05) is 0 Å². The lowest BCUT2D eigenvalue weighted by Gasteiger charge is -2.10. The topological polar surface area (TPSA) is 56.0 Å². The Labute approximate surface area is 125 Å². The van der Waals surface area contributed by atoms with Crippen LogP contribution >= 0.6 is 11.6 Å². The minimum Gasteiger partial charge on any atom is -0.307 e. The molecule has 1 aromatic heterocycles. The average molecular weight is 312 g/mol. The van der Waals surface area contributed by atoms with Crippen molar-refractivity contribution in [3.63, 3.8) is 0 Å². The Morgan fingerprint density at radius 2 is 1.86 bits per heavy atom. The molecule has 1 heterocycles. The fourth-order valence-electron chi connectivity index (χ4n) is 1.93. The van der Waals surface area contributed by atoms with E-state index in [9.17, 15) is 14.0 Å². The molecule has 0 saturated carbocycles. The van der Waals surface area contributed by atoms with Crippen LogP contribution in [-0.4, -0.2) is 9.13 Å². The normalized spacial score (nSPS) is 10.9. The van der Waals surface area contributed by atoms with Crippen LogP contribution in [0, 0.1) is 5.82 Å². The highest BCUT2D eigenvalue weighted by Gasteiger charge is 2.06. The van der Waals surface area contributed by atoms with Crippen LogP contribution in [-0.2, 0) is 27.2 Å². The number of nitrogens with one attached hydrogen (secondary N) is 1. The predicted molar refractivity (Wildman–Crippen MR) is 78.9 cm³/mol. The average Bonchev–Trinajstić information content (AvgIpc) is 2.46. The van der Waals surface area contributed by atoms with Crippen molar-refractivity contribution in [1.82, 2.24) is 14.5 Å². The first kappa shape index (κ1) is 15.5. The Morgan fingerprint density at radius 3 is 2.52 bits per heavy atom.